The minimum Gasteiger partial charge on any atom is -0.461 e. The van der Waals surface area contributed by atoms with E-state index in [1.807, 2.05) is 0 Å². The number of hydrogen-bond donors (Lipinski definition) is 0. The number of esters is 1. The van der Waals surface area contributed by atoms with Gasteiger partial charge in [-0.05, 0) is 61.3 Å². The fourth-order valence-corrected chi connectivity index (χ4v) is 6.16. The van der Waals surface area contributed by atoms with Crippen LogP contribution in [0.1, 0.15) is 70.2 Å². The summed E-state index contributed by atoms with van der Waals surface area (Å²) in [6.45, 7) is 9.02. The van der Waals surface area contributed by atoms with Crippen molar-refractivity contribution in [2.45, 2.75) is 85.3 Å². The maximum atomic E-state index is 13.1. The van der Waals surface area contributed by atoms with Crippen LogP contribution in [0.2, 0.25) is 0 Å². The van der Waals surface area contributed by atoms with Crippen molar-refractivity contribution in [1.29, 1.82) is 0 Å². The molecule has 6 heteroatoms. The van der Waals surface area contributed by atoms with E-state index in [1.54, 1.807) is 11.3 Å². The molecule has 4 rings (SSSR count). The van der Waals surface area contributed by atoms with E-state index in [1.165, 1.54) is 22.2 Å². The average molecular weight is 417 g/mol. The zero-order chi connectivity index (χ0) is 20.8. The molecule has 2 aliphatic carbocycles. The van der Waals surface area contributed by atoms with Crippen LogP contribution < -0.4 is 5.56 Å². The number of carbonyl (C=O) groups is 1. The number of nitrogens with zero attached hydrogens (tertiary/aromatic N) is 2. The molecule has 2 aliphatic rings. The molecule has 2 aromatic heterocycles. The number of hydrogen-bond acceptors (Lipinski definition) is 5. The maximum Gasteiger partial charge on any atom is 0.326 e. The molecule has 0 amide bonds. The molecule has 0 aromatic carbocycles. The Morgan fingerprint density at radius 3 is 2.83 bits per heavy atom. The van der Waals surface area contributed by atoms with Gasteiger partial charge in [-0.2, -0.15) is 0 Å². The minimum atomic E-state index is -0.329. The summed E-state index contributed by atoms with van der Waals surface area (Å²) in [5.74, 6) is 0.888. The van der Waals surface area contributed by atoms with Gasteiger partial charge in [-0.3, -0.25) is 14.2 Å². The summed E-state index contributed by atoms with van der Waals surface area (Å²) in [7, 11) is 0. The third-order valence-electron chi connectivity index (χ3n) is 6.75. The van der Waals surface area contributed by atoms with E-state index in [0.29, 0.717) is 11.8 Å². The highest BCUT2D eigenvalue weighted by molar-refractivity contribution is 7.18. The molecule has 0 radical (unpaired) electrons. The first-order valence-corrected chi connectivity index (χ1v) is 11.7. The van der Waals surface area contributed by atoms with Crippen LogP contribution in [0.15, 0.2) is 11.1 Å². The van der Waals surface area contributed by atoms with Gasteiger partial charge < -0.3 is 4.74 Å². The van der Waals surface area contributed by atoms with Gasteiger partial charge in [-0.25, -0.2) is 4.98 Å². The zero-order valence-corrected chi connectivity index (χ0v) is 18.8. The van der Waals surface area contributed by atoms with Crippen LogP contribution in [0.25, 0.3) is 10.2 Å². The van der Waals surface area contributed by atoms with Crippen molar-refractivity contribution < 1.29 is 9.53 Å². The van der Waals surface area contributed by atoms with Gasteiger partial charge in [0.15, 0.2) is 0 Å². The van der Waals surface area contributed by atoms with Gasteiger partial charge in [0.05, 0.1) is 11.7 Å². The highest BCUT2D eigenvalue weighted by atomic mass is 32.1. The Labute approximate surface area is 176 Å². The molecule has 0 unspecified atom stereocenters. The summed E-state index contributed by atoms with van der Waals surface area (Å²) in [5, 5.41) is 0.721. The first kappa shape index (κ1) is 20.6. The Morgan fingerprint density at radius 1 is 1.31 bits per heavy atom. The minimum absolute atomic E-state index is 0.0121. The molecule has 0 spiro atoms. The van der Waals surface area contributed by atoms with E-state index in [2.05, 4.69) is 32.7 Å². The van der Waals surface area contributed by atoms with Crippen LogP contribution in [0.4, 0.5) is 0 Å². The third-order valence-corrected chi connectivity index (χ3v) is 7.91. The number of thiophene rings is 1. The largest absolute Gasteiger partial charge is 0.461 e. The van der Waals surface area contributed by atoms with Crippen LogP contribution in [-0.4, -0.2) is 21.6 Å². The second kappa shape index (κ2) is 7.86. The van der Waals surface area contributed by atoms with Gasteiger partial charge in [-0.15, -0.1) is 11.3 Å². The van der Waals surface area contributed by atoms with E-state index >= 15 is 0 Å². The monoisotopic (exact) mass is 416 g/mol. The Morgan fingerprint density at radius 2 is 2.10 bits per heavy atom. The summed E-state index contributed by atoms with van der Waals surface area (Å²) in [4.78, 5) is 32.2. The summed E-state index contributed by atoms with van der Waals surface area (Å²) in [6.07, 6.45) is 8.68. The lowest BCUT2D eigenvalue weighted by atomic mass is 9.72. The maximum absolute atomic E-state index is 13.1. The highest BCUT2D eigenvalue weighted by Crippen LogP contribution is 2.41. The van der Waals surface area contributed by atoms with E-state index in [4.69, 9.17) is 4.74 Å². The van der Waals surface area contributed by atoms with Crippen molar-refractivity contribution >= 4 is 27.5 Å². The lowest BCUT2D eigenvalue weighted by Crippen LogP contribution is -2.30. The van der Waals surface area contributed by atoms with Crippen molar-refractivity contribution in [3.8, 4) is 0 Å². The molecule has 0 bridgehead atoms. The molecule has 0 N–H and O–H groups in total. The van der Waals surface area contributed by atoms with Gasteiger partial charge in [0.2, 0.25) is 0 Å². The molecule has 29 heavy (non-hydrogen) atoms. The predicted molar refractivity (Wildman–Crippen MR) is 116 cm³/mol. The normalized spacial score (nSPS) is 25.0. The highest BCUT2D eigenvalue weighted by Gasteiger charge is 2.32. The molecule has 1 saturated carbocycles. The van der Waals surface area contributed by atoms with Gasteiger partial charge in [0.1, 0.15) is 17.5 Å². The van der Waals surface area contributed by atoms with Gasteiger partial charge in [0.25, 0.3) is 5.56 Å². The average Bonchev–Trinajstić information content (AvgIpc) is 3.01. The van der Waals surface area contributed by atoms with Crippen molar-refractivity contribution in [2.24, 2.45) is 17.3 Å². The third kappa shape index (κ3) is 4.27. The topological polar surface area (TPSA) is 61.2 Å². The molecular weight excluding hydrogens is 384 g/mol. The summed E-state index contributed by atoms with van der Waals surface area (Å²) >= 11 is 1.65. The lowest BCUT2D eigenvalue weighted by Gasteiger charge is -2.33. The molecule has 2 aromatic rings. The van der Waals surface area contributed by atoms with Crippen LogP contribution in [0.5, 0.6) is 0 Å². The van der Waals surface area contributed by atoms with Crippen LogP contribution in [0.3, 0.4) is 0 Å². The molecule has 3 atom stereocenters. The number of carbonyl (C=O) groups excluding carboxylic acids is 1. The van der Waals surface area contributed by atoms with Crippen molar-refractivity contribution in [3.63, 3.8) is 0 Å². The van der Waals surface area contributed by atoms with Crippen LogP contribution in [-0.2, 0) is 28.9 Å². The zero-order valence-electron chi connectivity index (χ0n) is 18.0. The second-order valence-electron chi connectivity index (χ2n) is 10.1. The molecule has 5 nitrogen and oxygen atoms in total. The molecule has 1 fully saturated rings. The Kier molecular flexibility index (Phi) is 5.58. The van der Waals surface area contributed by atoms with E-state index in [9.17, 15) is 9.59 Å². The number of fused-ring (bicyclic) bond motifs is 3. The van der Waals surface area contributed by atoms with E-state index in [-0.39, 0.29) is 29.6 Å². The Bertz CT molecular complexity index is 969. The number of rotatable bonds is 3. The summed E-state index contributed by atoms with van der Waals surface area (Å²) in [5.41, 5.74) is 1.32. The number of ether oxygens (including phenoxy) is 1. The standard InChI is InChI=1S/C23H32N2O3S/c1-14-6-5-7-16(10-14)28-19(26)12-25-13-24-21-20(22(25)27)17-9-8-15(23(2,3)4)11-18(17)29-21/h13-16H,5-12H2,1-4H3/t14-,15+,16+/m0/s1. The number of aryl methyl sites for hydroxylation is 1. The second-order valence-corrected chi connectivity index (χ2v) is 11.1. The first-order chi connectivity index (χ1) is 13.7. The SMILES string of the molecule is C[C@H]1CCC[C@@H](OC(=O)Cn2cnc3sc4c(c3c2=O)CC[C@@H](C(C)(C)C)C4)C1. The van der Waals surface area contributed by atoms with Gasteiger partial charge in [0, 0.05) is 4.88 Å². The molecule has 2 heterocycles. The Hall–Kier alpha value is -1.69. The summed E-state index contributed by atoms with van der Waals surface area (Å²) in [6, 6.07) is 0. The van der Waals surface area contributed by atoms with Crippen molar-refractivity contribution in [1.82, 2.24) is 9.55 Å². The molecular formula is C23H32N2O3S. The molecule has 158 valence electrons. The predicted octanol–water partition coefficient (Wildman–Crippen LogP) is 4.73. The van der Waals surface area contributed by atoms with E-state index in [0.717, 1.165) is 54.3 Å². The fraction of sp³-hybridized carbons (Fsp3) is 0.696. The molecule has 0 saturated heterocycles. The van der Waals surface area contributed by atoms with Gasteiger partial charge in [-0.1, -0.05) is 34.1 Å². The number of aromatic nitrogens is 2. The van der Waals surface area contributed by atoms with Crippen molar-refractivity contribution in [3.05, 3.63) is 27.1 Å². The fourth-order valence-electron chi connectivity index (χ4n) is 4.90. The smallest absolute Gasteiger partial charge is 0.326 e. The lowest BCUT2D eigenvalue weighted by molar-refractivity contribution is -0.152. The Balaban J connectivity index is 1.54. The van der Waals surface area contributed by atoms with E-state index < -0.39 is 0 Å². The molecule has 0 aliphatic heterocycles. The first-order valence-electron chi connectivity index (χ1n) is 10.9. The van der Waals surface area contributed by atoms with Gasteiger partial charge >= 0.3 is 5.97 Å². The quantitative estimate of drug-likeness (QED) is 0.679. The van der Waals surface area contributed by atoms with Crippen LogP contribution in [0, 0.1) is 17.3 Å². The summed E-state index contributed by atoms with van der Waals surface area (Å²) < 4.78 is 7.08. The van der Waals surface area contributed by atoms with Crippen molar-refractivity contribution in [2.75, 3.05) is 0 Å². The van der Waals surface area contributed by atoms with Crippen LogP contribution >= 0.6 is 11.3 Å².